The first-order chi connectivity index (χ1) is 9.82. The van der Waals surface area contributed by atoms with E-state index in [4.69, 9.17) is 0 Å². The predicted octanol–water partition coefficient (Wildman–Crippen LogP) is 1.65. The van der Waals surface area contributed by atoms with Crippen molar-refractivity contribution in [2.24, 2.45) is 0 Å². The molecule has 2 rings (SSSR count). The van der Waals surface area contributed by atoms with E-state index in [9.17, 15) is 24.8 Å². The number of rotatable bonds is 3. The summed E-state index contributed by atoms with van der Waals surface area (Å²) in [5.74, 6) is -1.18. The maximum Gasteiger partial charge on any atom is 0.335 e. The molecule has 0 spiro atoms. The minimum Gasteiger partial charge on any atom is -0.478 e. The Hall–Kier alpha value is -2.90. The second-order valence-corrected chi connectivity index (χ2v) is 4.60. The van der Waals surface area contributed by atoms with Crippen molar-refractivity contribution in [1.29, 1.82) is 0 Å². The molecule has 1 unspecified atom stereocenters. The minimum absolute atomic E-state index is 0.0161. The summed E-state index contributed by atoms with van der Waals surface area (Å²) in [4.78, 5) is 34.7. The summed E-state index contributed by atoms with van der Waals surface area (Å²) in [7, 11) is 1.46. The number of carboxylic acid groups (broad SMARTS) is 1. The van der Waals surface area contributed by atoms with Crippen LogP contribution >= 0.6 is 0 Å². The molecule has 1 aromatic rings. The van der Waals surface area contributed by atoms with E-state index in [1.54, 1.807) is 6.07 Å². The molecule has 1 aromatic carbocycles. The number of nitro groups is 1. The molecule has 0 aromatic heterocycles. The van der Waals surface area contributed by atoms with Crippen LogP contribution in [0.3, 0.4) is 0 Å². The third-order valence-electron chi connectivity index (χ3n) is 3.40. The van der Waals surface area contributed by atoms with Gasteiger partial charge < -0.3 is 15.3 Å². The van der Waals surface area contributed by atoms with Crippen molar-refractivity contribution < 1.29 is 19.6 Å². The van der Waals surface area contributed by atoms with Gasteiger partial charge in [-0.2, -0.15) is 0 Å². The van der Waals surface area contributed by atoms with Crippen LogP contribution in [-0.2, 0) is 4.79 Å². The Morgan fingerprint density at radius 1 is 1.48 bits per heavy atom. The Morgan fingerprint density at radius 3 is 2.71 bits per heavy atom. The molecule has 0 aliphatic carbocycles. The van der Waals surface area contributed by atoms with Gasteiger partial charge in [-0.25, -0.2) is 9.59 Å². The van der Waals surface area contributed by atoms with Gasteiger partial charge in [-0.1, -0.05) is 12.1 Å². The molecule has 2 amide bonds. The van der Waals surface area contributed by atoms with Crippen molar-refractivity contribution in [2.45, 2.75) is 13.0 Å². The zero-order valence-electron chi connectivity index (χ0n) is 11.4. The molecule has 1 atom stereocenters. The fourth-order valence-corrected chi connectivity index (χ4v) is 2.18. The van der Waals surface area contributed by atoms with Gasteiger partial charge in [-0.05, 0) is 12.5 Å². The first-order valence-electron chi connectivity index (χ1n) is 6.05. The fourth-order valence-electron chi connectivity index (χ4n) is 2.18. The van der Waals surface area contributed by atoms with Crippen molar-refractivity contribution in [2.75, 3.05) is 7.05 Å². The minimum atomic E-state index is -1.18. The lowest BCUT2D eigenvalue weighted by Gasteiger charge is -2.32. The van der Waals surface area contributed by atoms with Gasteiger partial charge in [0.2, 0.25) is 0 Å². The number of benzene rings is 1. The number of nitrogens with one attached hydrogen (secondary N) is 1. The standard InChI is InChI=1S/C13H13N3O5/c1-7-10(12(17)18)11(14-13(19)15(7)2)8-4-3-5-9(6-8)16(20)21/h3-6,11H,1-2H3,(H,14,19)(H,17,18). The molecule has 110 valence electrons. The molecule has 8 nitrogen and oxygen atoms in total. The molecule has 1 heterocycles. The summed E-state index contributed by atoms with van der Waals surface area (Å²) in [6.45, 7) is 1.52. The molecule has 2 N–H and O–H groups in total. The van der Waals surface area contributed by atoms with E-state index in [1.165, 1.54) is 37.1 Å². The largest absolute Gasteiger partial charge is 0.478 e. The normalized spacial score (nSPS) is 18.5. The number of allylic oxidation sites excluding steroid dienone is 1. The van der Waals surface area contributed by atoms with Gasteiger partial charge in [0, 0.05) is 24.9 Å². The van der Waals surface area contributed by atoms with Crippen LogP contribution in [0.25, 0.3) is 0 Å². The van der Waals surface area contributed by atoms with Crippen LogP contribution in [-0.4, -0.2) is 34.0 Å². The van der Waals surface area contributed by atoms with E-state index in [0.29, 0.717) is 11.3 Å². The summed E-state index contributed by atoms with van der Waals surface area (Å²) in [5, 5.41) is 22.7. The van der Waals surface area contributed by atoms with E-state index in [1.807, 2.05) is 0 Å². The van der Waals surface area contributed by atoms with Crippen LogP contribution < -0.4 is 5.32 Å². The lowest BCUT2D eigenvalue weighted by molar-refractivity contribution is -0.384. The maximum absolute atomic E-state index is 11.8. The second-order valence-electron chi connectivity index (χ2n) is 4.60. The average Bonchev–Trinajstić information content (AvgIpc) is 2.44. The van der Waals surface area contributed by atoms with Crippen LogP contribution in [0.1, 0.15) is 18.5 Å². The van der Waals surface area contributed by atoms with Gasteiger partial charge in [0.15, 0.2) is 0 Å². The zero-order valence-corrected chi connectivity index (χ0v) is 11.4. The number of amides is 2. The molecular formula is C13H13N3O5. The molecule has 0 radical (unpaired) electrons. The van der Waals surface area contributed by atoms with Gasteiger partial charge in [-0.15, -0.1) is 0 Å². The number of non-ortho nitro benzene ring substituents is 1. The Labute approximate surface area is 119 Å². The van der Waals surface area contributed by atoms with Crippen LogP contribution in [0.5, 0.6) is 0 Å². The number of urea groups is 1. The van der Waals surface area contributed by atoms with Gasteiger partial charge in [0.1, 0.15) is 0 Å². The molecule has 21 heavy (non-hydrogen) atoms. The van der Waals surface area contributed by atoms with Crippen LogP contribution in [0, 0.1) is 10.1 Å². The van der Waals surface area contributed by atoms with Gasteiger partial charge in [0.25, 0.3) is 5.69 Å². The smallest absolute Gasteiger partial charge is 0.335 e. The summed E-state index contributed by atoms with van der Waals surface area (Å²) in [6.07, 6.45) is 0. The molecule has 1 aliphatic heterocycles. The zero-order chi connectivity index (χ0) is 15.7. The lowest BCUT2D eigenvalue weighted by Crippen LogP contribution is -2.46. The first kappa shape index (κ1) is 14.5. The van der Waals surface area contributed by atoms with Crippen molar-refractivity contribution in [3.05, 3.63) is 51.2 Å². The second kappa shape index (κ2) is 5.23. The Balaban J connectivity index is 2.56. The molecular weight excluding hydrogens is 278 g/mol. The highest BCUT2D eigenvalue weighted by atomic mass is 16.6. The Morgan fingerprint density at radius 2 is 2.14 bits per heavy atom. The van der Waals surface area contributed by atoms with Crippen molar-refractivity contribution in [3.8, 4) is 0 Å². The van der Waals surface area contributed by atoms with Crippen LogP contribution in [0.4, 0.5) is 10.5 Å². The summed E-state index contributed by atoms with van der Waals surface area (Å²) >= 11 is 0. The van der Waals surface area contributed by atoms with Crippen LogP contribution in [0.2, 0.25) is 0 Å². The number of aliphatic carboxylic acids is 1. The topological polar surface area (TPSA) is 113 Å². The molecule has 0 fully saturated rings. The number of hydrogen-bond acceptors (Lipinski definition) is 4. The molecule has 8 heteroatoms. The molecule has 1 aliphatic rings. The van der Waals surface area contributed by atoms with Gasteiger partial charge in [-0.3, -0.25) is 10.1 Å². The summed E-state index contributed by atoms with van der Waals surface area (Å²) in [6, 6.07) is 4.16. The number of hydrogen-bond donors (Lipinski definition) is 2. The third kappa shape index (κ3) is 2.55. The SMILES string of the molecule is CC1=C(C(=O)O)C(c2cccc([N+](=O)[O-])c2)NC(=O)N1C. The van der Waals surface area contributed by atoms with E-state index < -0.39 is 23.0 Å². The van der Waals surface area contributed by atoms with Crippen LogP contribution in [0.15, 0.2) is 35.5 Å². The van der Waals surface area contributed by atoms with E-state index in [2.05, 4.69) is 5.32 Å². The van der Waals surface area contributed by atoms with Crippen molar-refractivity contribution >= 4 is 17.7 Å². The highest BCUT2D eigenvalue weighted by molar-refractivity contribution is 5.93. The van der Waals surface area contributed by atoms with Crippen molar-refractivity contribution in [3.63, 3.8) is 0 Å². The van der Waals surface area contributed by atoms with Gasteiger partial charge >= 0.3 is 12.0 Å². The van der Waals surface area contributed by atoms with E-state index >= 15 is 0 Å². The lowest BCUT2D eigenvalue weighted by atomic mass is 9.95. The third-order valence-corrected chi connectivity index (χ3v) is 3.40. The Bertz CT molecular complexity index is 668. The summed E-state index contributed by atoms with van der Waals surface area (Å²) < 4.78 is 0. The average molecular weight is 291 g/mol. The number of carboxylic acids is 1. The van der Waals surface area contributed by atoms with E-state index in [0.717, 1.165) is 0 Å². The molecule has 0 saturated heterocycles. The maximum atomic E-state index is 11.8. The number of nitrogens with zero attached hydrogens (tertiary/aromatic N) is 2. The first-order valence-corrected chi connectivity index (χ1v) is 6.05. The number of nitro benzene ring substituents is 1. The highest BCUT2D eigenvalue weighted by Crippen LogP contribution is 2.31. The monoisotopic (exact) mass is 291 g/mol. The van der Waals surface area contributed by atoms with Crippen molar-refractivity contribution in [1.82, 2.24) is 10.2 Å². The fraction of sp³-hybridized carbons (Fsp3) is 0.231. The number of carbonyl (C=O) groups excluding carboxylic acids is 1. The quantitative estimate of drug-likeness (QED) is 0.649. The van der Waals surface area contributed by atoms with Gasteiger partial charge in [0.05, 0.1) is 16.5 Å². The summed E-state index contributed by atoms with van der Waals surface area (Å²) in [5.41, 5.74) is 0.464. The highest BCUT2D eigenvalue weighted by Gasteiger charge is 2.34. The predicted molar refractivity (Wildman–Crippen MR) is 72.5 cm³/mol. The molecule has 0 saturated carbocycles. The number of carbonyl (C=O) groups is 2. The van der Waals surface area contributed by atoms with E-state index in [-0.39, 0.29) is 11.3 Å². The Kier molecular flexibility index (Phi) is 3.62. The molecule has 0 bridgehead atoms.